The van der Waals surface area contributed by atoms with E-state index in [4.69, 9.17) is 22.1 Å². The summed E-state index contributed by atoms with van der Waals surface area (Å²) in [6, 6.07) is 21.1. The number of hydrogen-bond acceptors (Lipinski definition) is 5. The minimum atomic E-state index is -0.479. The predicted octanol–water partition coefficient (Wildman–Crippen LogP) is 5.89. The molecule has 2 fully saturated rings. The van der Waals surface area contributed by atoms with E-state index in [1.807, 2.05) is 30.0 Å². The molecule has 0 aliphatic carbocycles. The van der Waals surface area contributed by atoms with Gasteiger partial charge in [-0.3, -0.25) is 9.69 Å². The molecule has 2 aliphatic heterocycles. The molecular weight excluding hydrogens is 586 g/mol. The molecule has 5 rings (SSSR count). The van der Waals surface area contributed by atoms with Crippen molar-refractivity contribution < 1.29 is 13.9 Å². The highest BCUT2D eigenvalue weighted by Gasteiger charge is 2.33. The van der Waals surface area contributed by atoms with Crippen molar-refractivity contribution >= 4 is 29.9 Å². The van der Waals surface area contributed by atoms with Crippen LogP contribution in [0.2, 0.25) is 5.02 Å². The summed E-state index contributed by atoms with van der Waals surface area (Å²) in [5, 5.41) is 0.760. The number of piperazine rings is 1. The van der Waals surface area contributed by atoms with Crippen molar-refractivity contribution in [2.75, 3.05) is 52.4 Å². The number of hydrogen-bond donors (Lipinski definition) is 1. The fourth-order valence-corrected chi connectivity index (χ4v) is 6.42. The first-order chi connectivity index (χ1) is 20.4. The molecule has 3 aromatic carbocycles. The second kappa shape index (κ2) is 15.9. The maximum Gasteiger partial charge on any atom is 0.239 e. The standard InChI is InChI=1S/C34H42ClFN4O2.ClH/c1-2-42-32-10-6-9-31(36)30(32)24-39-19-21-40(22-20-39)34(41)33(37)26-13-16-38(17-14-26)18-15-27-23-28(35)11-12-29(27)25-7-4-3-5-8-25;/h3-12,23,26,33H,2,13-22,24,37H2,1H3;1H/t33-;/m1./s1. The summed E-state index contributed by atoms with van der Waals surface area (Å²) in [5.41, 5.74) is 10.8. The molecule has 2 saturated heterocycles. The zero-order valence-electron chi connectivity index (χ0n) is 24.9. The van der Waals surface area contributed by atoms with E-state index in [2.05, 4.69) is 46.2 Å². The van der Waals surface area contributed by atoms with Crippen LogP contribution in [0.4, 0.5) is 4.39 Å². The van der Waals surface area contributed by atoms with Crippen LogP contribution in [0.25, 0.3) is 11.1 Å². The van der Waals surface area contributed by atoms with Crippen molar-refractivity contribution in [3.63, 3.8) is 0 Å². The molecule has 9 heteroatoms. The topological polar surface area (TPSA) is 62.0 Å². The predicted molar refractivity (Wildman–Crippen MR) is 174 cm³/mol. The van der Waals surface area contributed by atoms with Crippen LogP contribution in [-0.4, -0.2) is 79.1 Å². The van der Waals surface area contributed by atoms with E-state index in [0.717, 1.165) is 43.9 Å². The molecule has 0 spiro atoms. The van der Waals surface area contributed by atoms with Gasteiger partial charge in [-0.1, -0.05) is 54.1 Å². The monoisotopic (exact) mass is 628 g/mol. The highest BCUT2D eigenvalue weighted by atomic mass is 35.5. The number of halogens is 3. The van der Waals surface area contributed by atoms with Crippen LogP contribution in [0.5, 0.6) is 5.75 Å². The number of amides is 1. The normalized spacial score (nSPS) is 17.3. The van der Waals surface area contributed by atoms with Gasteiger partial charge in [-0.05, 0) is 86.1 Å². The zero-order valence-corrected chi connectivity index (χ0v) is 26.5. The quantitative estimate of drug-likeness (QED) is 0.303. The molecule has 0 saturated carbocycles. The van der Waals surface area contributed by atoms with E-state index in [0.29, 0.717) is 50.6 Å². The number of nitrogens with two attached hydrogens (primary N) is 1. The van der Waals surface area contributed by atoms with Crippen molar-refractivity contribution in [2.45, 2.75) is 38.8 Å². The van der Waals surface area contributed by atoms with Gasteiger partial charge in [0.1, 0.15) is 11.6 Å². The number of ether oxygens (including phenoxy) is 1. The molecule has 1 atom stereocenters. The lowest BCUT2D eigenvalue weighted by molar-refractivity contribution is -0.136. The van der Waals surface area contributed by atoms with Crippen LogP contribution in [0, 0.1) is 11.7 Å². The molecule has 6 nitrogen and oxygen atoms in total. The maximum atomic E-state index is 14.5. The van der Waals surface area contributed by atoms with Gasteiger partial charge >= 0.3 is 0 Å². The van der Waals surface area contributed by atoms with Gasteiger partial charge in [-0.25, -0.2) is 4.39 Å². The molecule has 2 heterocycles. The van der Waals surface area contributed by atoms with E-state index in [1.165, 1.54) is 22.8 Å². The molecule has 2 N–H and O–H groups in total. The summed E-state index contributed by atoms with van der Waals surface area (Å²) in [7, 11) is 0. The van der Waals surface area contributed by atoms with Crippen molar-refractivity contribution in [1.29, 1.82) is 0 Å². The third-order valence-electron chi connectivity index (χ3n) is 8.72. The number of nitrogens with zero attached hydrogens (tertiary/aromatic N) is 3. The molecule has 0 unspecified atom stereocenters. The zero-order chi connectivity index (χ0) is 29.5. The molecule has 1 amide bonds. The largest absolute Gasteiger partial charge is 0.493 e. The second-order valence-electron chi connectivity index (χ2n) is 11.4. The van der Waals surface area contributed by atoms with Crippen molar-refractivity contribution in [3.05, 3.63) is 88.7 Å². The molecule has 232 valence electrons. The third-order valence-corrected chi connectivity index (χ3v) is 8.95. The number of carbonyl (C=O) groups is 1. The minimum Gasteiger partial charge on any atom is -0.493 e. The number of carbonyl (C=O) groups excluding carboxylic acids is 1. The first-order valence-corrected chi connectivity index (χ1v) is 15.5. The van der Waals surface area contributed by atoms with Crippen LogP contribution in [0.3, 0.4) is 0 Å². The van der Waals surface area contributed by atoms with Crippen LogP contribution in [0.15, 0.2) is 66.7 Å². The lowest BCUT2D eigenvalue weighted by atomic mass is 9.88. The van der Waals surface area contributed by atoms with Crippen LogP contribution >= 0.6 is 24.0 Å². The lowest BCUT2D eigenvalue weighted by Gasteiger charge is -2.39. The number of piperidine rings is 1. The molecule has 0 bridgehead atoms. The molecule has 0 radical (unpaired) electrons. The Morgan fingerprint density at radius 1 is 0.977 bits per heavy atom. The Hall–Kier alpha value is -2.68. The van der Waals surface area contributed by atoms with Gasteiger partial charge in [0.05, 0.1) is 12.6 Å². The van der Waals surface area contributed by atoms with E-state index >= 15 is 0 Å². The summed E-state index contributed by atoms with van der Waals surface area (Å²) in [5.74, 6) is 0.566. The highest BCUT2D eigenvalue weighted by molar-refractivity contribution is 6.30. The van der Waals surface area contributed by atoms with Gasteiger partial charge in [0.15, 0.2) is 0 Å². The molecule has 43 heavy (non-hydrogen) atoms. The Morgan fingerprint density at radius 3 is 2.40 bits per heavy atom. The SMILES string of the molecule is CCOc1cccc(F)c1CN1CCN(C(=O)[C@H](N)C2CCN(CCc3cc(Cl)ccc3-c3ccccc3)CC2)CC1.Cl. The lowest BCUT2D eigenvalue weighted by Crippen LogP contribution is -2.55. The Bertz CT molecular complexity index is 1330. The molecular formula is C34H43Cl2FN4O2. The second-order valence-corrected chi connectivity index (χ2v) is 11.8. The summed E-state index contributed by atoms with van der Waals surface area (Å²) in [6.45, 7) is 8.26. The van der Waals surface area contributed by atoms with E-state index in [-0.39, 0.29) is 30.0 Å². The molecule has 3 aromatic rings. The Morgan fingerprint density at radius 2 is 1.70 bits per heavy atom. The van der Waals surface area contributed by atoms with Gasteiger partial charge < -0.3 is 20.3 Å². The average molecular weight is 630 g/mol. The van der Waals surface area contributed by atoms with Crippen LogP contribution in [-0.2, 0) is 17.8 Å². The maximum absolute atomic E-state index is 14.5. The minimum absolute atomic E-state index is 0. The summed E-state index contributed by atoms with van der Waals surface area (Å²) in [4.78, 5) is 19.9. The first-order valence-electron chi connectivity index (χ1n) is 15.2. The molecule has 2 aliphatic rings. The smallest absolute Gasteiger partial charge is 0.239 e. The van der Waals surface area contributed by atoms with E-state index in [1.54, 1.807) is 6.07 Å². The van der Waals surface area contributed by atoms with E-state index in [9.17, 15) is 9.18 Å². The van der Waals surface area contributed by atoms with Crippen LogP contribution < -0.4 is 10.5 Å². The van der Waals surface area contributed by atoms with Gasteiger partial charge in [0.2, 0.25) is 5.91 Å². The van der Waals surface area contributed by atoms with Gasteiger partial charge in [0, 0.05) is 49.9 Å². The first kappa shape index (κ1) is 33.2. The average Bonchev–Trinajstić information content (AvgIpc) is 3.02. The van der Waals surface area contributed by atoms with E-state index < -0.39 is 6.04 Å². The Labute approximate surface area is 266 Å². The number of benzene rings is 3. The Balaban J connectivity index is 0.00000423. The Kier molecular flexibility index (Phi) is 12.3. The third kappa shape index (κ3) is 8.49. The number of rotatable bonds is 10. The fourth-order valence-electron chi connectivity index (χ4n) is 6.23. The van der Waals surface area contributed by atoms with Gasteiger partial charge in [-0.15, -0.1) is 12.4 Å². The summed E-state index contributed by atoms with van der Waals surface area (Å²) < 4.78 is 20.1. The van der Waals surface area contributed by atoms with Gasteiger partial charge in [0.25, 0.3) is 0 Å². The van der Waals surface area contributed by atoms with Gasteiger partial charge in [-0.2, -0.15) is 0 Å². The van der Waals surface area contributed by atoms with Crippen LogP contribution in [0.1, 0.15) is 30.9 Å². The van der Waals surface area contributed by atoms with Crippen molar-refractivity contribution in [3.8, 4) is 16.9 Å². The summed E-state index contributed by atoms with van der Waals surface area (Å²) in [6.07, 6.45) is 2.76. The van der Waals surface area contributed by atoms with Crippen molar-refractivity contribution in [2.24, 2.45) is 11.7 Å². The number of likely N-dealkylation sites (tertiary alicyclic amines) is 1. The molecule has 0 aromatic heterocycles. The fraction of sp³-hybridized carbons (Fsp3) is 0.441. The summed E-state index contributed by atoms with van der Waals surface area (Å²) >= 11 is 6.36. The highest BCUT2D eigenvalue weighted by Crippen LogP contribution is 2.28. The van der Waals surface area contributed by atoms with Crippen molar-refractivity contribution in [1.82, 2.24) is 14.7 Å².